The molecule has 5 heteroatoms. The normalized spacial score (nSPS) is 16.0. The maximum Gasteiger partial charge on any atom is 0.266 e. The first-order valence-electron chi connectivity index (χ1n) is 7.50. The first kappa shape index (κ1) is 15.1. The molecule has 0 saturated heterocycles. The van der Waals surface area contributed by atoms with Gasteiger partial charge in [-0.3, -0.25) is 9.59 Å². The lowest BCUT2D eigenvalue weighted by Crippen LogP contribution is -2.40. The summed E-state index contributed by atoms with van der Waals surface area (Å²) >= 11 is 0. The molecule has 2 amide bonds. The van der Waals surface area contributed by atoms with Crippen LogP contribution >= 0.6 is 0 Å². The number of rotatable bonds is 4. The van der Waals surface area contributed by atoms with Gasteiger partial charge in [-0.25, -0.2) is 0 Å². The topological polar surface area (TPSA) is 67.4 Å². The van der Waals surface area contributed by atoms with E-state index in [9.17, 15) is 9.59 Å². The van der Waals surface area contributed by atoms with Crippen molar-refractivity contribution in [2.24, 2.45) is 0 Å². The number of para-hydroxylation sites is 2. The molecule has 23 heavy (non-hydrogen) atoms. The van der Waals surface area contributed by atoms with Crippen molar-refractivity contribution in [2.75, 3.05) is 5.32 Å². The van der Waals surface area contributed by atoms with E-state index in [4.69, 9.17) is 4.74 Å². The molecule has 0 spiro atoms. The van der Waals surface area contributed by atoms with Crippen LogP contribution < -0.4 is 15.4 Å². The second-order valence-electron chi connectivity index (χ2n) is 5.56. The molecule has 0 radical (unpaired) electrons. The Hall–Kier alpha value is -2.82. The molecule has 0 saturated carbocycles. The fraction of sp³-hybridized carbons (Fsp3) is 0.222. The third-order valence-electron chi connectivity index (χ3n) is 3.69. The number of carbonyl (C=O) groups is 2. The number of anilines is 1. The first-order valence-corrected chi connectivity index (χ1v) is 7.50. The molecule has 2 aromatic carbocycles. The molecule has 1 aliphatic heterocycles. The molecule has 0 aromatic heterocycles. The van der Waals surface area contributed by atoms with Crippen LogP contribution in [0.4, 0.5) is 5.69 Å². The molecule has 1 aliphatic rings. The minimum Gasteiger partial charge on any atom is -0.478 e. The fourth-order valence-electron chi connectivity index (χ4n) is 2.37. The van der Waals surface area contributed by atoms with E-state index in [1.165, 1.54) is 5.56 Å². The number of nitrogens with one attached hydrogen (secondary N) is 2. The molecule has 1 atom stereocenters. The number of aryl methyl sites for hydroxylation is 1. The van der Waals surface area contributed by atoms with Gasteiger partial charge in [0.1, 0.15) is 5.75 Å². The standard InChI is InChI=1S/C18H18N2O3/c1-12-6-8-13(9-7-12)11-19-17(21)10-16-18(22)20-14-4-2-3-5-15(14)23-16/h2-9,16H,10-11H2,1H3,(H,19,21)(H,20,22)/t16-/m1/s1. The van der Waals surface area contributed by atoms with Gasteiger partial charge in [0.2, 0.25) is 5.91 Å². The second-order valence-corrected chi connectivity index (χ2v) is 5.56. The molecule has 0 fully saturated rings. The summed E-state index contributed by atoms with van der Waals surface area (Å²) < 4.78 is 5.61. The lowest BCUT2D eigenvalue weighted by atomic mass is 10.1. The van der Waals surface area contributed by atoms with E-state index in [1.54, 1.807) is 12.1 Å². The maximum absolute atomic E-state index is 12.0. The van der Waals surface area contributed by atoms with Crippen molar-refractivity contribution < 1.29 is 14.3 Å². The summed E-state index contributed by atoms with van der Waals surface area (Å²) in [5, 5.41) is 5.56. The van der Waals surface area contributed by atoms with Crippen molar-refractivity contribution in [1.29, 1.82) is 0 Å². The van der Waals surface area contributed by atoms with E-state index in [0.29, 0.717) is 18.0 Å². The van der Waals surface area contributed by atoms with Crippen LogP contribution in [0.3, 0.4) is 0 Å². The summed E-state index contributed by atoms with van der Waals surface area (Å²) in [5.41, 5.74) is 2.82. The van der Waals surface area contributed by atoms with Crippen LogP contribution in [0, 0.1) is 6.92 Å². The highest BCUT2D eigenvalue weighted by Gasteiger charge is 2.29. The smallest absolute Gasteiger partial charge is 0.266 e. The van der Waals surface area contributed by atoms with Crippen molar-refractivity contribution in [1.82, 2.24) is 5.32 Å². The van der Waals surface area contributed by atoms with Gasteiger partial charge in [-0.2, -0.15) is 0 Å². The van der Waals surface area contributed by atoms with E-state index in [1.807, 2.05) is 43.3 Å². The summed E-state index contributed by atoms with van der Waals surface area (Å²) in [7, 11) is 0. The number of hydrogen-bond acceptors (Lipinski definition) is 3. The maximum atomic E-state index is 12.0. The molecule has 5 nitrogen and oxygen atoms in total. The van der Waals surface area contributed by atoms with Gasteiger partial charge in [-0.15, -0.1) is 0 Å². The van der Waals surface area contributed by atoms with Crippen LogP contribution in [0.5, 0.6) is 5.75 Å². The van der Waals surface area contributed by atoms with E-state index in [2.05, 4.69) is 10.6 Å². The molecular formula is C18H18N2O3. The highest BCUT2D eigenvalue weighted by atomic mass is 16.5. The van der Waals surface area contributed by atoms with Gasteiger partial charge >= 0.3 is 0 Å². The molecule has 0 bridgehead atoms. The summed E-state index contributed by atoms with van der Waals surface area (Å²) in [6, 6.07) is 15.1. The van der Waals surface area contributed by atoms with Gasteiger partial charge in [0.05, 0.1) is 12.1 Å². The molecular weight excluding hydrogens is 292 g/mol. The number of hydrogen-bond donors (Lipinski definition) is 2. The second kappa shape index (κ2) is 6.52. The Labute approximate surface area is 134 Å². The molecule has 0 unspecified atom stereocenters. The Morgan fingerprint density at radius 1 is 1.17 bits per heavy atom. The van der Waals surface area contributed by atoms with Crippen LogP contribution in [0.2, 0.25) is 0 Å². The zero-order valence-electron chi connectivity index (χ0n) is 12.8. The lowest BCUT2D eigenvalue weighted by Gasteiger charge is -2.25. The SMILES string of the molecule is Cc1ccc(CNC(=O)C[C@H]2Oc3ccccc3NC2=O)cc1. The van der Waals surface area contributed by atoms with Crippen LogP contribution in [-0.2, 0) is 16.1 Å². The molecule has 1 heterocycles. The summed E-state index contributed by atoms with van der Waals surface area (Å²) in [6.45, 7) is 2.45. The molecule has 3 rings (SSSR count). The highest BCUT2D eigenvalue weighted by molar-refractivity contribution is 5.99. The predicted octanol–water partition coefficient (Wildman–Crippen LogP) is 2.40. The number of carbonyl (C=O) groups excluding carboxylic acids is 2. The summed E-state index contributed by atoms with van der Waals surface area (Å²) in [5.74, 6) is 0.0720. The Morgan fingerprint density at radius 2 is 1.91 bits per heavy atom. The van der Waals surface area contributed by atoms with Gasteiger partial charge in [0, 0.05) is 6.54 Å². The number of benzene rings is 2. The monoisotopic (exact) mass is 310 g/mol. The number of ether oxygens (including phenoxy) is 1. The van der Waals surface area contributed by atoms with Gasteiger partial charge < -0.3 is 15.4 Å². The molecule has 2 aromatic rings. The Bertz CT molecular complexity index is 725. The lowest BCUT2D eigenvalue weighted by molar-refractivity contribution is -0.130. The molecule has 118 valence electrons. The minimum atomic E-state index is -0.803. The predicted molar refractivity (Wildman–Crippen MR) is 87.1 cm³/mol. The molecule has 2 N–H and O–H groups in total. The largest absolute Gasteiger partial charge is 0.478 e. The van der Waals surface area contributed by atoms with E-state index in [-0.39, 0.29) is 18.2 Å². The van der Waals surface area contributed by atoms with Crippen molar-refractivity contribution in [3.8, 4) is 5.75 Å². The average Bonchev–Trinajstić information content (AvgIpc) is 2.55. The number of fused-ring (bicyclic) bond motifs is 1. The van der Waals surface area contributed by atoms with E-state index >= 15 is 0 Å². The van der Waals surface area contributed by atoms with Crippen LogP contribution in [0.25, 0.3) is 0 Å². The van der Waals surface area contributed by atoms with Crippen molar-refractivity contribution in [2.45, 2.75) is 26.0 Å². The Balaban J connectivity index is 1.56. The zero-order valence-corrected chi connectivity index (χ0v) is 12.8. The third-order valence-corrected chi connectivity index (χ3v) is 3.69. The quantitative estimate of drug-likeness (QED) is 0.911. The fourth-order valence-corrected chi connectivity index (χ4v) is 2.37. The van der Waals surface area contributed by atoms with Crippen LogP contribution in [0.15, 0.2) is 48.5 Å². The Kier molecular flexibility index (Phi) is 4.28. The van der Waals surface area contributed by atoms with Gasteiger partial charge in [-0.05, 0) is 24.6 Å². The van der Waals surface area contributed by atoms with E-state index < -0.39 is 6.10 Å². The average molecular weight is 310 g/mol. The molecule has 0 aliphatic carbocycles. The summed E-state index contributed by atoms with van der Waals surface area (Å²) in [6.07, 6.45) is -0.811. The van der Waals surface area contributed by atoms with Crippen LogP contribution in [-0.4, -0.2) is 17.9 Å². The Morgan fingerprint density at radius 3 is 2.70 bits per heavy atom. The number of amides is 2. The van der Waals surface area contributed by atoms with Crippen molar-refractivity contribution in [3.63, 3.8) is 0 Å². The minimum absolute atomic E-state index is 0.00791. The van der Waals surface area contributed by atoms with Gasteiger partial charge in [-0.1, -0.05) is 42.0 Å². The van der Waals surface area contributed by atoms with Gasteiger partial charge in [0.25, 0.3) is 5.91 Å². The summed E-state index contributed by atoms with van der Waals surface area (Å²) in [4.78, 5) is 24.0. The van der Waals surface area contributed by atoms with Gasteiger partial charge in [0.15, 0.2) is 6.10 Å². The van der Waals surface area contributed by atoms with Crippen LogP contribution in [0.1, 0.15) is 17.5 Å². The van der Waals surface area contributed by atoms with Crippen molar-refractivity contribution >= 4 is 17.5 Å². The third kappa shape index (κ3) is 3.69. The zero-order chi connectivity index (χ0) is 16.2. The van der Waals surface area contributed by atoms with E-state index in [0.717, 1.165) is 5.56 Å². The highest BCUT2D eigenvalue weighted by Crippen LogP contribution is 2.29. The van der Waals surface area contributed by atoms with Crippen molar-refractivity contribution in [3.05, 3.63) is 59.7 Å². The first-order chi connectivity index (χ1) is 11.1.